The van der Waals surface area contributed by atoms with Crippen LogP contribution < -0.4 is 4.90 Å². The Balaban J connectivity index is 1.39. The summed E-state index contributed by atoms with van der Waals surface area (Å²) in [5.74, 6) is 1.26. The Morgan fingerprint density at radius 3 is 2.31 bits per heavy atom. The average Bonchev–Trinajstić information content (AvgIpc) is 3.13. The molecule has 0 spiro atoms. The number of hydrogen-bond acceptors (Lipinski definition) is 5. The normalized spacial score (nSPS) is 14.0. The van der Waals surface area contributed by atoms with Crippen molar-refractivity contribution in [1.82, 2.24) is 24.6 Å². The van der Waals surface area contributed by atoms with Crippen molar-refractivity contribution < 1.29 is 9.18 Å². The molecule has 6 rings (SSSR count). The second kappa shape index (κ2) is 10.6. The first kappa shape index (κ1) is 24.7. The van der Waals surface area contributed by atoms with E-state index in [1.54, 1.807) is 16.8 Å². The Bertz CT molecular complexity index is 1600. The van der Waals surface area contributed by atoms with Gasteiger partial charge in [-0.25, -0.2) is 19.0 Å². The third-order valence-corrected chi connectivity index (χ3v) is 7.11. The van der Waals surface area contributed by atoms with E-state index in [0.29, 0.717) is 43.1 Å². The van der Waals surface area contributed by atoms with Gasteiger partial charge >= 0.3 is 0 Å². The van der Waals surface area contributed by atoms with Crippen molar-refractivity contribution in [3.05, 3.63) is 113 Å². The van der Waals surface area contributed by atoms with E-state index in [1.807, 2.05) is 60.4 Å². The van der Waals surface area contributed by atoms with E-state index in [-0.39, 0.29) is 11.7 Å². The maximum absolute atomic E-state index is 13.7. The predicted molar refractivity (Wildman–Crippen MR) is 150 cm³/mol. The zero-order valence-corrected chi connectivity index (χ0v) is 21.8. The number of rotatable bonds is 5. The van der Waals surface area contributed by atoms with Crippen LogP contribution in [0.2, 0.25) is 0 Å². The lowest BCUT2D eigenvalue weighted by atomic mass is 10.1. The molecule has 0 atom stereocenters. The van der Waals surface area contributed by atoms with Crippen LogP contribution in [-0.4, -0.2) is 56.7 Å². The van der Waals surface area contributed by atoms with Crippen molar-refractivity contribution in [2.75, 3.05) is 31.1 Å². The number of carbonyl (C=O) groups excluding carboxylic acids is 1. The van der Waals surface area contributed by atoms with Crippen molar-refractivity contribution in [2.24, 2.45) is 0 Å². The second-order valence-corrected chi connectivity index (χ2v) is 9.80. The Hall–Kier alpha value is -4.59. The predicted octanol–water partition coefficient (Wildman–Crippen LogP) is 5.21. The van der Waals surface area contributed by atoms with Crippen molar-refractivity contribution in [1.29, 1.82) is 0 Å². The number of benzene rings is 3. The van der Waals surface area contributed by atoms with Gasteiger partial charge < -0.3 is 9.80 Å². The van der Waals surface area contributed by atoms with Gasteiger partial charge in [0, 0.05) is 38.2 Å². The first-order valence-electron chi connectivity index (χ1n) is 13.2. The summed E-state index contributed by atoms with van der Waals surface area (Å²) in [7, 11) is 0. The Morgan fingerprint density at radius 2 is 1.56 bits per heavy atom. The summed E-state index contributed by atoms with van der Waals surface area (Å²) in [6.07, 6.45) is 1.40. The maximum Gasteiger partial charge on any atom is 0.253 e. The van der Waals surface area contributed by atoms with Gasteiger partial charge in [-0.05, 0) is 55.3 Å². The van der Waals surface area contributed by atoms with E-state index in [4.69, 9.17) is 15.1 Å². The number of nitrogens with zero attached hydrogens (tertiary/aromatic N) is 6. The third kappa shape index (κ3) is 5.10. The average molecular weight is 521 g/mol. The van der Waals surface area contributed by atoms with Gasteiger partial charge in [0.05, 0.1) is 16.8 Å². The van der Waals surface area contributed by atoms with Crippen LogP contribution in [0, 0.1) is 12.7 Å². The van der Waals surface area contributed by atoms with Crippen LogP contribution >= 0.6 is 0 Å². The number of aryl methyl sites for hydroxylation is 1. The van der Waals surface area contributed by atoms with Crippen LogP contribution in [0.15, 0.2) is 84.9 Å². The quantitative estimate of drug-likeness (QED) is 0.318. The molecule has 0 saturated carbocycles. The Kier molecular flexibility index (Phi) is 6.75. The van der Waals surface area contributed by atoms with E-state index < -0.39 is 0 Å². The Labute approximate surface area is 226 Å². The summed E-state index contributed by atoms with van der Waals surface area (Å²) in [4.78, 5) is 27.3. The summed E-state index contributed by atoms with van der Waals surface area (Å²) in [5.41, 5.74) is 4.05. The fourth-order valence-electron chi connectivity index (χ4n) is 5.15. The van der Waals surface area contributed by atoms with Crippen LogP contribution in [0.4, 0.5) is 10.2 Å². The molecule has 0 aliphatic carbocycles. The number of fused-ring (bicyclic) bond motifs is 1. The second-order valence-electron chi connectivity index (χ2n) is 9.80. The number of aromatic nitrogens is 4. The molecule has 39 heavy (non-hydrogen) atoms. The minimum Gasteiger partial charge on any atom is -0.354 e. The summed E-state index contributed by atoms with van der Waals surface area (Å²) >= 11 is 0. The van der Waals surface area contributed by atoms with Crippen molar-refractivity contribution in [2.45, 2.75) is 19.8 Å². The lowest BCUT2D eigenvalue weighted by Gasteiger charge is -2.24. The van der Waals surface area contributed by atoms with Gasteiger partial charge in [-0.3, -0.25) is 4.79 Å². The zero-order valence-electron chi connectivity index (χ0n) is 21.8. The highest BCUT2D eigenvalue weighted by atomic mass is 19.1. The van der Waals surface area contributed by atoms with Crippen LogP contribution in [0.1, 0.15) is 33.9 Å². The Morgan fingerprint density at radius 1 is 0.846 bits per heavy atom. The van der Waals surface area contributed by atoms with Gasteiger partial charge in [0.1, 0.15) is 17.5 Å². The van der Waals surface area contributed by atoms with Gasteiger partial charge in [-0.1, -0.05) is 48.5 Å². The largest absolute Gasteiger partial charge is 0.354 e. The van der Waals surface area contributed by atoms with E-state index in [1.165, 1.54) is 12.1 Å². The molecular formula is C31H29FN6O. The molecule has 7 nitrogen and oxygen atoms in total. The molecule has 3 heterocycles. The topological polar surface area (TPSA) is 67.2 Å². The van der Waals surface area contributed by atoms with E-state index in [2.05, 4.69) is 17.0 Å². The molecule has 1 aliphatic heterocycles. The number of carbonyl (C=O) groups is 1. The molecule has 1 fully saturated rings. The van der Waals surface area contributed by atoms with Gasteiger partial charge in [-0.2, -0.15) is 5.10 Å². The molecule has 1 saturated heterocycles. The molecule has 196 valence electrons. The molecule has 0 unspecified atom stereocenters. The lowest BCUT2D eigenvalue weighted by molar-refractivity contribution is 0.0767. The van der Waals surface area contributed by atoms with Crippen molar-refractivity contribution in [3.8, 4) is 5.69 Å². The van der Waals surface area contributed by atoms with Crippen LogP contribution in [-0.2, 0) is 6.42 Å². The molecule has 5 aromatic rings. The lowest BCUT2D eigenvalue weighted by Crippen LogP contribution is -2.35. The van der Waals surface area contributed by atoms with Crippen molar-refractivity contribution >= 4 is 22.8 Å². The first-order chi connectivity index (χ1) is 19.1. The summed E-state index contributed by atoms with van der Waals surface area (Å²) in [6.45, 7) is 4.64. The molecule has 1 aliphatic rings. The number of hydrogen-bond donors (Lipinski definition) is 0. The van der Waals surface area contributed by atoms with Gasteiger partial charge in [-0.15, -0.1) is 0 Å². The SMILES string of the molecule is Cc1nn(-c2ccc(F)cc2)c2nc(Cc3ccccc3)nc(N3CCCN(C(=O)c4ccccc4)CC3)c12. The standard InChI is InChI=1S/C31H29FN6O/c1-22-28-29(36-17-8-18-37(20-19-36)31(39)24-11-6-3-7-12-24)33-27(21-23-9-4-2-5-10-23)34-30(28)38(35-22)26-15-13-25(32)14-16-26/h2-7,9-16H,8,17-21H2,1H3. The minimum atomic E-state index is -0.300. The van der Waals surface area contributed by atoms with Gasteiger partial charge in [0.15, 0.2) is 5.65 Å². The summed E-state index contributed by atoms with van der Waals surface area (Å²) < 4.78 is 15.5. The maximum atomic E-state index is 13.7. The number of anilines is 1. The summed E-state index contributed by atoms with van der Waals surface area (Å²) in [6, 6.07) is 25.8. The molecule has 0 N–H and O–H groups in total. The van der Waals surface area contributed by atoms with E-state index >= 15 is 0 Å². The highest BCUT2D eigenvalue weighted by Gasteiger charge is 2.25. The molecule has 2 aromatic heterocycles. The molecule has 8 heteroatoms. The third-order valence-electron chi connectivity index (χ3n) is 7.11. The fraction of sp³-hybridized carbons (Fsp3) is 0.226. The monoisotopic (exact) mass is 520 g/mol. The fourth-order valence-corrected chi connectivity index (χ4v) is 5.15. The van der Waals surface area contributed by atoms with Crippen LogP contribution in [0.3, 0.4) is 0 Å². The summed E-state index contributed by atoms with van der Waals surface area (Å²) in [5, 5.41) is 5.67. The van der Waals surface area contributed by atoms with E-state index in [9.17, 15) is 9.18 Å². The van der Waals surface area contributed by atoms with E-state index in [0.717, 1.165) is 41.1 Å². The van der Waals surface area contributed by atoms with Crippen molar-refractivity contribution in [3.63, 3.8) is 0 Å². The van der Waals surface area contributed by atoms with Crippen LogP contribution in [0.5, 0.6) is 0 Å². The van der Waals surface area contributed by atoms with Gasteiger partial charge in [0.2, 0.25) is 0 Å². The molecule has 3 aromatic carbocycles. The molecule has 0 bridgehead atoms. The number of halogens is 1. The number of amides is 1. The molecule has 1 amide bonds. The van der Waals surface area contributed by atoms with Crippen LogP contribution in [0.25, 0.3) is 16.7 Å². The minimum absolute atomic E-state index is 0.0513. The molecule has 0 radical (unpaired) electrons. The first-order valence-corrected chi connectivity index (χ1v) is 13.2. The highest BCUT2D eigenvalue weighted by molar-refractivity contribution is 5.94. The smallest absolute Gasteiger partial charge is 0.253 e. The highest BCUT2D eigenvalue weighted by Crippen LogP contribution is 2.30. The molecular weight excluding hydrogens is 491 g/mol. The van der Waals surface area contributed by atoms with Gasteiger partial charge in [0.25, 0.3) is 5.91 Å². The zero-order chi connectivity index (χ0) is 26.8.